The highest BCUT2D eigenvalue weighted by Crippen LogP contribution is 2.38. The quantitative estimate of drug-likeness (QED) is 0.880. The van der Waals surface area contributed by atoms with E-state index < -0.39 is 0 Å². The highest BCUT2D eigenvalue weighted by Gasteiger charge is 2.30. The van der Waals surface area contributed by atoms with Crippen LogP contribution in [0.1, 0.15) is 24.0 Å². The molecule has 2 aromatic rings. The Balaban J connectivity index is 1.81. The van der Waals surface area contributed by atoms with Gasteiger partial charge in [-0.25, -0.2) is 0 Å². The Kier molecular flexibility index (Phi) is 3.58. The number of hydrogen-bond donors (Lipinski definition) is 1. The molecular weight excluding hydrogens is 286 g/mol. The van der Waals surface area contributed by atoms with E-state index in [1.165, 1.54) is 11.1 Å². The number of nitrogens with zero attached hydrogens (tertiary/aromatic N) is 2. The normalized spacial score (nSPS) is 16.5. The first-order valence-electron chi connectivity index (χ1n) is 8.13. The molecule has 4 nitrogen and oxygen atoms in total. The van der Waals surface area contributed by atoms with Crippen LogP contribution < -0.4 is 10.2 Å². The molecule has 0 aromatic heterocycles. The number of fused-ring (bicyclic) bond motifs is 2. The molecular formula is C19H19N3O. The number of carbonyl (C=O) groups excluding carboxylic acids is 1. The number of benzene rings is 2. The second-order valence-electron chi connectivity index (χ2n) is 5.94. The van der Waals surface area contributed by atoms with Crippen molar-refractivity contribution in [2.24, 2.45) is 4.99 Å². The van der Waals surface area contributed by atoms with Gasteiger partial charge in [-0.05, 0) is 36.1 Å². The van der Waals surface area contributed by atoms with Crippen molar-refractivity contribution >= 4 is 23.1 Å². The summed E-state index contributed by atoms with van der Waals surface area (Å²) in [6.45, 7) is 1.52. The molecule has 0 radical (unpaired) electrons. The first-order valence-corrected chi connectivity index (χ1v) is 8.13. The Morgan fingerprint density at radius 3 is 2.30 bits per heavy atom. The maximum Gasteiger partial charge on any atom is 0.297 e. The fraction of sp³-hybridized carbons (Fsp3) is 0.263. The van der Waals surface area contributed by atoms with Crippen LogP contribution in [0.25, 0.3) is 0 Å². The van der Waals surface area contributed by atoms with Gasteiger partial charge in [-0.3, -0.25) is 14.7 Å². The predicted molar refractivity (Wildman–Crippen MR) is 92.4 cm³/mol. The summed E-state index contributed by atoms with van der Waals surface area (Å²) >= 11 is 0. The molecule has 0 saturated heterocycles. The fourth-order valence-corrected chi connectivity index (χ4v) is 3.25. The van der Waals surface area contributed by atoms with Crippen molar-refractivity contribution in [2.75, 3.05) is 18.0 Å². The molecule has 0 atom stereocenters. The molecule has 116 valence electrons. The number of amidine groups is 1. The maximum absolute atomic E-state index is 13.2. The molecule has 4 heteroatoms. The molecule has 23 heavy (non-hydrogen) atoms. The van der Waals surface area contributed by atoms with E-state index in [2.05, 4.69) is 22.4 Å². The topological polar surface area (TPSA) is 44.7 Å². The van der Waals surface area contributed by atoms with E-state index in [1.54, 1.807) is 0 Å². The van der Waals surface area contributed by atoms with Gasteiger partial charge in [-0.1, -0.05) is 36.4 Å². The lowest BCUT2D eigenvalue weighted by molar-refractivity contribution is -0.112. The summed E-state index contributed by atoms with van der Waals surface area (Å²) < 4.78 is 0. The Bertz CT molecular complexity index is 736. The van der Waals surface area contributed by atoms with E-state index in [0.29, 0.717) is 12.4 Å². The van der Waals surface area contributed by atoms with Crippen LogP contribution >= 0.6 is 0 Å². The van der Waals surface area contributed by atoms with Gasteiger partial charge in [0.05, 0.1) is 11.4 Å². The maximum atomic E-state index is 13.2. The van der Waals surface area contributed by atoms with Crippen LogP contribution in [0.3, 0.4) is 0 Å². The summed E-state index contributed by atoms with van der Waals surface area (Å²) in [5.41, 5.74) is 4.28. The molecule has 2 aromatic carbocycles. The summed E-state index contributed by atoms with van der Waals surface area (Å²) in [6.07, 6.45) is 2.93. The lowest BCUT2D eigenvalue weighted by atomic mass is 9.95. The largest absolute Gasteiger partial charge is 0.366 e. The van der Waals surface area contributed by atoms with Gasteiger partial charge in [0.1, 0.15) is 0 Å². The monoisotopic (exact) mass is 305 g/mol. The molecule has 0 bridgehead atoms. The molecule has 2 aliphatic rings. The first-order chi connectivity index (χ1) is 11.3. The van der Waals surface area contributed by atoms with Gasteiger partial charge in [-0.2, -0.15) is 0 Å². The Labute approximate surface area is 135 Å². The van der Waals surface area contributed by atoms with Crippen molar-refractivity contribution in [3.8, 4) is 0 Å². The Morgan fingerprint density at radius 2 is 1.61 bits per heavy atom. The highest BCUT2D eigenvalue weighted by molar-refractivity contribution is 6.44. The summed E-state index contributed by atoms with van der Waals surface area (Å²) in [6, 6.07) is 16.2. The SMILES string of the molecule is O=C(C1=NCCCCN1)N1c2ccccc2Cc2ccccc21. The molecule has 0 aliphatic carbocycles. The van der Waals surface area contributed by atoms with Gasteiger partial charge in [0.25, 0.3) is 5.91 Å². The number of anilines is 2. The Morgan fingerprint density at radius 1 is 0.957 bits per heavy atom. The average Bonchev–Trinajstić information content (AvgIpc) is 2.88. The second kappa shape index (κ2) is 5.88. The molecule has 2 heterocycles. The zero-order chi connectivity index (χ0) is 15.6. The van der Waals surface area contributed by atoms with Crippen LogP contribution in [-0.4, -0.2) is 24.8 Å². The molecule has 2 aliphatic heterocycles. The van der Waals surface area contributed by atoms with Crippen LogP contribution in [0.4, 0.5) is 11.4 Å². The average molecular weight is 305 g/mol. The lowest BCUT2D eigenvalue weighted by Crippen LogP contribution is -2.42. The minimum atomic E-state index is -0.0634. The smallest absolute Gasteiger partial charge is 0.297 e. The van der Waals surface area contributed by atoms with Gasteiger partial charge >= 0.3 is 0 Å². The van der Waals surface area contributed by atoms with Crippen molar-refractivity contribution < 1.29 is 4.79 Å². The number of carbonyl (C=O) groups is 1. The van der Waals surface area contributed by atoms with Crippen LogP contribution in [0.15, 0.2) is 53.5 Å². The van der Waals surface area contributed by atoms with E-state index >= 15 is 0 Å². The summed E-state index contributed by atoms with van der Waals surface area (Å²) in [7, 11) is 0. The second-order valence-corrected chi connectivity index (χ2v) is 5.94. The van der Waals surface area contributed by atoms with Crippen molar-refractivity contribution in [1.82, 2.24) is 5.32 Å². The molecule has 4 rings (SSSR count). The molecule has 0 unspecified atom stereocenters. The third-order valence-electron chi connectivity index (χ3n) is 4.40. The van der Waals surface area contributed by atoms with Gasteiger partial charge in [-0.15, -0.1) is 0 Å². The van der Waals surface area contributed by atoms with E-state index in [1.807, 2.05) is 41.3 Å². The van der Waals surface area contributed by atoms with Crippen molar-refractivity contribution in [3.05, 3.63) is 59.7 Å². The van der Waals surface area contributed by atoms with Crippen molar-refractivity contribution in [3.63, 3.8) is 0 Å². The van der Waals surface area contributed by atoms with E-state index in [9.17, 15) is 4.79 Å². The number of hydrogen-bond acceptors (Lipinski definition) is 3. The number of aliphatic imine (C=N–C) groups is 1. The van der Waals surface area contributed by atoms with Gasteiger partial charge in [0, 0.05) is 19.5 Å². The van der Waals surface area contributed by atoms with Crippen LogP contribution in [0.2, 0.25) is 0 Å². The zero-order valence-electron chi connectivity index (χ0n) is 13.0. The number of rotatable bonds is 1. The van der Waals surface area contributed by atoms with Crippen LogP contribution in [0.5, 0.6) is 0 Å². The number of para-hydroxylation sites is 2. The highest BCUT2D eigenvalue weighted by atomic mass is 16.2. The van der Waals surface area contributed by atoms with Crippen LogP contribution in [-0.2, 0) is 11.2 Å². The molecule has 0 saturated carbocycles. The minimum Gasteiger partial charge on any atom is -0.366 e. The van der Waals surface area contributed by atoms with Gasteiger partial charge in [0.15, 0.2) is 5.84 Å². The van der Waals surface area contributed by atoms with Crippen molar-refractivity contribution in [2.45, 2.75) is 19.3 Å². The van der Waals surface area contributed by atoms with E-state index in [0.717, 1.165) is 37.2 Å². The first kappa shape index (κ1) is 14.0. The fourth-order valence-electron chi connectivity index (χ4n) is 3.25. The van der Waals surface area contributed by atoms with Crippen LogP contribution in [0, 0.1) is 0 Å². The molecule has 1 N–H and O–H groups in total. The molecule has 0 fully saturated rings. The number of nitrogens with one attached hydrogen (secondary N) is 1. The standard InChI is InChI=1S/C19H19N3O/c23-19(18-20-11-5-6-12-21-18)22-16-9-3-1-7-14(16)13-15-8-2-4-10-17(15)22/h1-4,7-10H,5-6,11-13H2,(H,20,21). The van der Waals surface area contributed by atoms with Gasteiger partial charge < -0.3 is 5.32 Å². The number of amides is 1. The molecule has 1 amide bonds. The third-order valence-corrected chi connectivity index (χ3v) is 4.40. The summed E-state index contributed by atoms with van der Waals surface area (Å²) in [5.74, 6) is 0.417. The zero-order valence-corrected chi connectivity index (χ0v) is 13.0. The van der Waals surface area contributed by atoms with E-state index in [4.69, 9.17) is 0 Å². The van der Waals surface area contributed by atoms with E-state index in [-0.39, 0.29) is 5.91 Å². The Hall–Kier alpha value is -2.62. The predicted octanol–water partition coefficient (Wildman–Crippen LogP) is 3.04. The summed E-state index contributed by atoms with van der Waals surface area (Å²) in [4.78, 5) is 19.4. The molecule has 0 spiro atoms. The van der Waals surface area contributed by atoms with Gasteiger partial charge in [0.2, 0.25) is 0 Å². The minimum absolute atomic E-state index is 0.0634. The van der Waals surface area contributed by atoms with Crippen molar-refractivity contribution in [1.29, 1.82) is 0 Å². The third kappa shape index (κ3) is 2.50. The summed E-state index contributed by atoms with van der Waals surface area (Å²) in [5, 5.41) is 3.20. The lowest BCUT2D eigenvalue weighted by Gasteiger charge is -2.31.